The molecule has 128 valence electrons. The Morgan fingerprint density at radius 2 is 2.29 bits per heavy atom. The number of carbonyl (C=O) groups excluding carboxylic acids is 1. The maximum absolute atomic E-state index is 13.5. The van der Waals surface area contributed by atoms with Gasteiger partial charge in [-0.25, -0.2) is 4.39 Å². The average Bonchev–Trinajstić information content (AvgIpc) is 3.09. The molecular formula is C16H19FN4O3. The van der Waals surface area contributed by atoms with Gasteiger partial charge in [-0.2, -0.15) is 0 Å². The van der Waals surface area contributed by atoms with Crippen molar-refractivity contribution in [2.45, 2.75) is 19.6 Å². The molecule has 7 nitrogen and oxygen atoms in total. The standard InChI is InChI=1S/C16H19FN4O3/c1-2-20-11-18-19-16(20)14-9-21(7-8-23-14)15(22)10-24-13-6-4-3-5-12(13)17/h3-6,11,14H,2,7-10H2,1H3. The second-order valence-electron chi connectivity index (χ2n) is 5.39. The monoisotopic (exact) mass is 334 g/mol. The maximum Gasteiger partial charge on any atom is 0.260 e. The number of halogens is 1. The van der Waals surface area contributed by atoms with Crippen molar-refractivity contribution < 1.29 is 18.7 Å². The molecule has 1 fully saturated rings. The lowest BCUT2D eigenvalue weighted by Crippen LogP contribution is -2.44. The number of nitrogens with zero attached hydrogens (tertiary/aromatic N) is 4. The number of morpholine rings is 1. The Balaban J connectivity index is 1.60. The van der Waals surface area contributed by atoms with Crippen LogP contribution in [0.5, 0.6) is 5.75 Å². The van der Waals surface area contributed by atoms with E-state index in [4.69, 9.17) is 9.47 Å². The molecule has 2 heterocycles. The molecule has 2 aromatic rings. The summed E-state index contributed by atoms with van der Waals surface area (Å²) in [4.78, 5) is 14.0. The third-order valence-electron chi connectivity index (χ3n) is 3.88. The van der Waals surface area contributed by atoms with E-state index >= 15 is 0 Å². The number of aryl methyl sites for hydroxylation is 1. The zero-order chi connectivity index (χ0) is 16.9. The van der Waals surface area contributed by atoms with Crippen molar-refractivity contribution in [2.75, 3.05) is 26.3 Å². The number of para-hydroxylation sites is 1. The Morgan fingerprint density at radius 3 is 3.08 bits per heavy atom. The third kappa shape index (κ3) is 3.53. The van der Waals surface area contributed by atoms with E-state index in [1.807, 2.05) is 11.5 Å². The number of carbonyl (C=O) groups is 1. The van der Waals surface area contributed by atoms with Crippen LogP contribution in [0.4, 0.5) is 4.39 Å². The van der Waals surface area contributed by atoms with Crippen molar-refractivity contribution in [3.05, 3.63) is 42.2 Å². The Bertz CT molecular complexity index is 706. The minimum atomic E-state index is -0.485. The molecule has 1 amide bonds. The van der Waals surface area contributed by atoms with Gasteiger partial charge in [0.15, 0.2) is 24.0 Å². The highest BCUT2D eigenvalue weighted by Crippen LogP contribution is 2.21. The predicted octanol–water partition coefficient (Wildman–Crippen LogP) is 1.42. The van der Waals surface area contributed by atoms with Gasteiger partial charge in [-0.15, -0.1) is 10.2 Å². The summed E-state index contributed by atoms with van der Waals surface area (Å²) >= 11 is 0. The van der Waals surface area contributed by atoms with Gasteiger partial charge in [-0.05, 0) is 19.1 Å². The van der Waals surface area contributed by atoms with Crippen LogP contribution in [0.1, 0.15) is 18.9 Å². The molecule has 0 radical (unpaired) electrons. The van der Waals surface area contributed by atoms with Crippen LogP contribution in [0, 0.1) is 5.82 Å². The second-order valence-corrected chi connectivity index (χ2v) is 5.39. The van der Waals surface area contributed by atoms with Gasteiger partial charge in [0, 0.05) is 13.1 Å². The quantitative estimate of drug-likeness (QED) is 0.827. The van der Waals surface area contributed by atoms with Crippen LogP contribution in [-0.2, 0) is 16.1 Å². The van der Waals surface area contributed by atoms with Gasteiger partial charge in [0.1, 0.15) is 12.4 Å². The molecule has 24 heavy (non-hydrogen) atoms. The topological polar surface area (TPSA) is 69.5 Å². The van der Waals surface area contributed by atoms with Crippen molar-refractivity contribution in [1.82, 2.24) is 19.7 Å². The van der Waals surface area contributed by atoms with E-state index in [1.165, 1.54) is 12.1 Å². The second kappa shape index (κ2) is 7.39. The van der Waals surface area contributed by atoms with Gasteiger partial charge in [0.05, 0.1) is 13.2 Å². The van der Waals surface area contributed by atoms with Gasteiger partial charge in [-0.3, -0.25) is 4.79 Å². The molecule has 1 saturated heterocycles. The van der Waals surface area contributed by atoms with E-state index in [0.29, 0.717) is 25.5 Å². The largest absolute Gasteiger partial charge is 0.481 e. The summed E-state index contributed by atoms with van der Waals surface area (Å²) in [5.41, 5.74) is 0. The molecule has 0 spiro atoms. The summed E-state index contributed by atoms with van der Waals surface area (Å²) in [7, 11) is 0. The summed E-state index contributed by atoms with van der Waals surface area (Å²) in [6.45, 7) is 3.75. The molecule has 8 heteroatoms. The number of aromatic nitrogens is 3. The number of hydrogen-bond acceptors (Lipinski definition) is 5. The Kier molecular flexibility index (Phi) is 5.05. The van der Waals surface area contributed by atoms with E-state index in [1.54, 1.807) is 23.4 Å². The zero-order valence-electron chi connectivity index (χ0n) is 13.4. The van der Waals surface area contributed by atoms with Crippen molar-refractivity contribution in [1.29, 1.82) is 0 Å². The maximum atomic E-state index is 13.5. The first-order valence-electron chi connectivity index (χ1n) is 7.83. The van der Waals surface area contributed by atoms with Crippen molar-refractivity contribution >= 4 is 5.91 Å². The molecule has 0 bridgehead atoms. The van der Waals surface area contributed by atoms with Gasteiger partial charge >= 0.3 is 0 Å². The number of amides is 1. The minimum Gasteiger partial charge on any atom is -0.481 e. The van der Waals surface area contributed by atoms with Crippen LogP contribution >= 0.6 is 0 Å². The SMILES string of the molecule is CCn1cnnc1C1CN(C(=O)COc2ccccc2F)CCO1. The van der Waals surface area contributed by atoms with Crippen LogP contribution in [0.2, 0.25) is 0 Å². The van der Waals surface area contributed by atoms with Crippen molar-refractivity contribution in [3.8, 4) is 5.75 Å². The van der Waals surface area contributed by atoms with Crippen LogP contribution in [0.25, 0.3) is 0 Å². The van der Waals surface area contributed by atoms with Crippen LogP contribution in [0.15, 0.2) is 30.6 Å². The van der Waals surface area contributed by atoms with E-state index in [2.05, 4.69) is 10.2 Å². The van der Waals surface area contributed by atoms with Gasteiger partial charge < -0.3 is 18.9 Å². The van der Waals surface area contributed by atoms with Crippen molar-refractivity contribution in [3.63, 3.8) is 0 Å². The first-order chi connectivity index (χ1) is 11.7. The lowest BCUT2D eigenvalue weighted by atomic mass is 10.2. The average molecular weight is 334 g/mol. The molecule has 0 saturated carbocycles. The van der Waals surface area contributed by atoms with Crippen molar-refractivity contribution in [2.24, 2.45) is 0 Å². The van der Waals surface area contributed by atoms with Gasteiger partial charge in [0.25, 0.3) is 5.91 Å². The molecule has 1 atom stereocenters. The number of rotatable bonds is 5. The fraction of sp³-hybridized carbons (Fsp3) is 0.438. The van der Waals surface area contributed by atoms with E-state index < -0.39 is 5.82 Å². The van der Waals surface area contributed by atoms with E-state index in [9.17, 15) is 9.18 Å². The molecule has 1 aromatic carbocycles. The summed E-state index contributed by atoms with van der Waals surface area (Å²) in [5.74, 6) is 0.0710. The molecule has 0 N–H and O–H groups in total. The lowest BCUT2D eigenvalue weighted by molar-refractivity contribution is -0.141. The van der Waals surface area contributed by atoms with Crippen LogP contribution in [0.3, 0.4) is 0 Å². The first kappa shape index (κ1) is 16.4. The molecule has 1 aliphatic rings. The highest BCUT2D eigenvalue weighted by molar-refractivity contribution is 5.77. The first-order valence-corrected chi connectivity index (χ1v) is 7.83. The predicted molar refractivity (Wildman–Crippen MR) is 82.9 cm³/mol. The van der Waals surface area contributed by atoms with E-state index in [0.717, 1.165) is 6.54 Å². The Morgan fingerprint density at radius 1 is 1.46 bits per heavy atom. The fourth-order valence-corrected chi connectivity index (χ4v) is 2.58. The minimum absolute atomic E-state index is 0.0707. The Labute approximate surface area is 139 Å². The molecule has 1 aromatic heterocycles. The molecular weight excluding hydrogens is 315 g/mol. The molecule has 1 aliphatic heterocycles. The van der Waals surface area contributed by atoms with Crippen LogP contribution < -0.4 is 4.74 Å². The fourth-order valence-electron chi connectivity index (χ4n) is 2.58. The summed E-state index contributed by atoms with van der Waals surface area (Å²) in [6, 6.07) is 6.02. The Hall–Kier alpha value is -2.48. The summed E-state index contributed by atoms with van der Waals surface area (Å²) < 4.78 is 26.4. The number of benzene rings is 1. The van der Waals surface area contributed by atoms with E-state index in [-0.39, 0.29) is 24.4 Å². The zero-order valence-corrected chi connectivity index (χ0v) is 13.4. The van der Waals surface area contributed by atoms with Gasteiger partial charge in [0.2, 0.25) is 0 Å². The van der Waals surface area contributed by atoms with Gasteiger partial charge in [-0.1, -0.05) is 12.1 Å². The summed E-state index contributed by atoms with van der Waals surface area (Å²) in [5, 5.41) is 7.97. The lowest BCUT2D eigenvalue weighted by Gasteiger charge is -2.32. The highest BCUT2D eigenvalue weighted by atomic mass is 19.1. The summed E-state index contributed by atoms with van der Waals surface area (Å²) in [6.07, 6.45) is 1.32. The third-order valence-corrected chi connectivity index (χ3v) is 3.88. The molecule has 3 rings (SSSR count). The number of hydrogen-bond donors (Lipinski definition) is 0. The highest BCUT2D eigenvalue weighted by Gasteiger charge is 2.28. The molecule has 0 aliphatic carbocycles. The molecule has 1 unspecified atom stereocenters. The van der Waals surface area contributed by atoms with Crippen LogP contribution in [-0.4, -0.2) is 51.9 Å². The normalized spacial score (nSPS) is 17.8. The number of ether oxygens (including phenoxy) is 2. The smallest absolute Gasteiger partial charge is 0.260 e.